The second-order valence-electron chi connectivity index (χ2n) is 4.51. The molecule has 0 fully saturated rings. The number of aromatic nitrogens is 2. The topological polar surface area (TPSA) is 87.3 Å². The fraction of sp³-hybridized carbons (Fsp3) is 0.133. The maximum Gasteiger partial charge on any atom is 0.387 e. The van der Waals surface area contributed by atoms with Gasteiger partial charge in [0.05, 0.1) is 17.7 Å². The largest absolute Gasteiger partial charge is 0.464 e. The van der Waals surface area contributed by atoms with Crippen molar-refractivity contribution >= 4 is 29.5 Å². The second-order valence-corrected chi connectivity index (χ2v) is 4.91. The van der Waals surface area contributed by atoms with Gasteiger partial charge in [-0.1, -0.05) is 24.3 Å². The molecule has 10 heteroatoms. The van der Waals surface area contributed by atoms with Gasteiger partial charge in [0.15, 0.2) is 23.1 Å². The zero-order chi connectivity index (χ0) is 18.7. The average molecular weight is 374 g/mol. The Kier molecular flexibility index (Phi) is 5.48. The van der Waals surface area contributed by atoms with E-state index in [9.17, 15) is 18.0 Å². The van der Waals surface area contributed by atoms with Gasteiger partial charge in [0.1, 0.15) is 5.82 Å². The van der Waals surface area contributed by atoms with Crippen LogP contribution in [0.25, 0.3) is 17.5 Å². The van der Waals surface area contributed by atoms with Gasteiger partial charge in [0, 0.05) is 5.56 Å². The van der Waals surface area contributed by atoms with Crippen molar-refractivity contribution < 1.29 is 27.4 Å². The molecular weight excluding hydrogens is 363 g/mol. The zero-order valence-electron chi connectivity index (χ0n) is 12.7. The van der Waals surface area contributed by atoms with Gasteiger partial charge in [-0.05, 0) is 12.1 Å². The lowest BCUT2D eigenvalue weighted by Crippen LogP contribution is -2.12. The first-order chi connectivity index (χ1) is 11.8. The molecule has 0 aliphatic rings. The summed E-state index contributed by atoms with van der Waals surface area (Å²) < 4.78 is 48.0. The lowest BCUT2D eigenvalue weighted by molar-refractivity contribution is -0.0520. The number of benzene rings is 1. The van der Waals surface area contributed by atoms with Crippen LogP contribution in [0.3, 0.4) is 0 Å². The molecule has 0 saturated carbocycles. The van der Waals surface area contributed by atoms with Crippen LogP contribution in [-0.2, 0) is 4.74 Å². The van der Waals surface area contributed by atoms with Crippen LogP contribution < -0.4 is 10.5 Å². The molecule has 2 N–H and O–H groups in total. The Morgan fingerprint density at radius 1 is 1.40 bits per heavy atom. The van der Waals surface area contributed by atoms with Crippen molar-refractivity contribution in [3.63, 3.8) is 0 Å². The predicted octanol–water partition coefficient (Wildman–Crippen LogP) is 3.55. The number of ether oxygens (including phenoxy) is 2. The smallest absolute Gasteiger partial charge is 0.387 e. The average Bonchev–Trinajstić information content (AvgIpc) is 2.57. The van der Waals surface area contributed by atoms with Gasteiger partial charge in [0.2, 0.25) is 0 Å². The monoisotopic (exact) mass is 373 g/mol. The maximum absolute atomic E-state index is 14.5. The second kappa shape index (κ2) is 7.39. The molecule has 1 aromatic heterocycles. The third-order valence-electron chi connectivity index (χ3n) is 3.05. The Balaban J connectivity index is 2.69. The van der Waals surface area contributed by atoms with E-state index in [1.165, 1.54) is 6.08 Å². The molecule has 2 aromatic rings. The summed E-state index contributed by atoms with van der Waals surface area (Å²) in [6.07, 6.45) is 1.23. The van der Waals surface area contributed by atoms with E-state index in [1.807, 2.05) is 0 Å². The molecule has 0 radical (unpaired) electrons. The summed E-state index contributed by atoms with van der Waals surface area (Å²) in [7, 11) is 1.12. The highest BCUT2D eigenvalue weighted by Crippen LogP contribution is 2.35. The zero-order valence-corrected chi connectivity index (χ0v) is 13.5. The minimum absolute atomic E-state index is 0.0917. The number of carbonyl (C=O) groups excluding carboxylic acids is 1. The summed E-state index contributed by atoms with van der Waals surface area (Å²) in [5, 5.41) is -0.370. The van der Waals surface area contributed by atoms with Gasteiger partial charge in [-0.3, -0.25) is 0 Å². The predicted molar refractivity (Wildman–Crippen MR) is 84.9 cm³/mol. The highest BCUT2D eigenvalue weighted by molar-refractivity contribution is 6.32. The molecule has 0 aliphatic carbocycles. The summed E-state index contributed by atoms with van der Waals surface area (Å²) in [6, 6.07) is 2.26. The molecule has 1 aromatic carbocycles. The molecule has 2 rings (SSSR count). The van der Waals surface area contributed by atoms with E-state index < -0.39 is 24.1 Å². The molecule has 0 amide bonds. The first-order valence-corrected chi connectivity index (χ1v) is 6.99. The fourth-order valence-corrected chi connectivity index (χ4v) is 2.15. The van der Waals surface area contributed by atoms with E-state index in [1.54, 1.807) is 0 Å². The van der Waals surface area contributed by atoms with Crippen LogP contribution in [0.1, 0.15) is 16.1 Å². The Bertz CT molecular complexity index is 847. The number of nitrogens with zero attached hydrogens (tertiary/aromatic N) is 2. The molecule has 25 heavy (non-hydrogen) atoms. The van der Waals surface area contributed by atoms with Crippen LogP contribution >= 0.6 is 11.6 Å². The number of nitrogen functional groups attached to an aromatic ring is 1. The standard InChI is InChI=1S/C15H11ClF3N3O3/c1-3-6-10(14(23)24-2)21-13(22-12(6)20)7-4-5-8(16)11(9(7)17)25-15(18)19/h3-5,15H,1H2,2H3,(H2,20,21,22). The maximum atomic E-state index is 14.5. The van der Waals surface area contributed by atoms with Gasteiger partial charge in [-0.15, -0.1) is 0 Å². The molecule has 0 atom stereocenters. The van der Waals surface area contributed by atoms with Gasteiger partial charge in [-0.25, -0.2) is 19.2 Å². The highest BCUT2D eigenvalue weighted by Gasteiger charge is 2.23. The Labute approximate surface area is 145 Å². The van der Waals surface area contributed by atoms with Gasteiger partial charge in [-0.2, -0.15) is 8.78 Å². The molecule has 0 bridgehead atoms. The van der Waals surface area contributed by atoms with E-state index in [0.29, 0.717) is 0 Å². The fourth-order valence-electron chi connectivity index (χ4n) is 1.96. The van der Waals surface area contributed by atoms with Crippen LogP contribution in [0.5, 0.6) is 5.75 Å². The van der Waals surface area contributed by atoms with Gasteiger partial charge in [0.25, 0.3) is 0 Å². The quantitative estimate of drug-likeness (QED) is 0.806. The molecule has 0 aliphatic heterocycles. The van der Waals surface area contributed by atoms with Crippen molar-refractivity contribution in [3.05, 3.63) is 40.8 Å². The molecule has 132 valence electrons. The van der Waals surface area contributed by atoms with Crippen molar-refractivity contribution in [3.8, 4) is 17.1 Å². The van der Waals surface area contributed by atoms with Crippen molar-refractivity contribution in [1.82, 2.24) is 9.97 Å². The van der Waals surface area contributed by atoms with E-state index in [4.69, 9.17) is 17.3 Å². The molecule has 1 heterocycles. The number of alkyl halides is 2. The van der Waals surface area contributed by atoms with Crippen molar-refractivity contribution in [2.75, 3.05) is 12.8 Å². The SMILES string of the molecule is C=Cc1c(N)nc(-c2ccc(Cl)c(OC(F)F)c2F)nc1C(=O)OC. The molecule has 6 nitrogen and oxygen atoms in total. The Morgan fingerprint density at radius 2 is 2.08 bits per heavy atom. The van der Waals surface area contributed by atoms with E-state index in [-0.39, 0.29) is 33.5 Å². The van der Waals surface area contributed by atoms with Crippen LogP contribution in [0, 0.1) is 5.82 Å². The third-order valence-corrected chi connectivity index (χ3v) is 3.35. The Hall–Kier alpha value is -2.81. The van der Waals surface area contributed by atoms with Crippen molar-refractivity contribution in [2.24, 2.45) is 0 Å². The lowest BCUT2D eigenvalue weighted by atomic mass is 10.1. The first kappa shape index (κ1) is 18.5. The van der Waals surface area contributed by atoms with E-state index in [2.05, 4.69) is 26.0 Å². The third kappa shape index (κ3) is 3.66. The van der Waals surface area contributed by atoms with Crippen LogP contribution in [0.15, 0.2) is 18.7 Å². The number of carbonyl (C=O) groups is 1. The number of anilines is 1. The molecule has 0 unspecified atom stereocenters. The van der Waals surface area contributed by atoms with Crippen LogP contribution in [0.2, 0.25) is 5.02 Å². The molecular formula is C15H11ClF3N3O3. The molecule has 0 spiro atoms. The minimum atomic E-state index is -3.29. The van der Waals surface area contributed by atoms with Crippen LogP contribution in [-0.4, -0.2) is 29.7 Å². The summed E-state index contributed by atoms with van der Waals surface area (Å²) in [5.74, 6) is -3.47. The molecule has 0 saturated heterocycles. The van der Waals surface area contributed by atoms with Crippen molar-refractivity contribution in [1.29, 1.82) is 0 Å². The summed E-state index contributed by atoms with van der Waals surface area (Å²) in [4.78, 5) is 19.6. The highest BCUT2D eigenvalue weighted by atomic mass is 35.5. The number of hydrogen-bond donors (Lipinski definition) is 1. The summed E-state index contributed by atoms with van der Waals surface area (Å²) >= 11 is 5.66. The Morgan fingerprint density at radius 3 is 2.64 bits per heavy atom. The number of esters is 1. The van der Waals surface area contributed by atoms with E-state index in [0.717, 1.165) is 19.2 Å². The summed E-state index contributed by atoms with van der Waals surface area (Å²) in [6.45, 7) is 0.195. The van der Waals surface area contributed by atoms with E-state index >= 15 is 0 Å². The number of methoxy groups -OCH3 is 1. The van der Waals surface area contributed by atoms with Crippen molar-refractivity contribution in [2.45, 2.75) is 6.61 Å². The van der Waals surface area contributed by atoms with Gasteiger partial charge >= 0.3 is 12.6 Å². The number of rotatable bonds is 5. The first-order valence-electron chi connectivity index (χ1n) is 6.61. The number of nitrogens with two attached hydrogens (primary N) is 1. The minimum Gasteiger partial charge on any atom is -0.464 e. The normalized spacial score (nSPS) is 10.6. The summed E-state index contributed by atoms with van der Waals surface area (Å²) in [5.41, 5.74) is 5.22. The number of halogens is 4. The lowest BCUT2D eigenvalue weighted by Gasteiger charge is -2.12. The number of hydrogen-bond acceptors (Lipinski definition) is 6. The van der Waals surface area contributed by atoms with Crippen LogP contribution in [0.4, 0.5) is 19.0 Å². The van der Waals surface area contributed by atoms with Gasteiger partial charge < -0.3 is 15.2 Å².